The molecule has 1 saturated carbocycles. The first-order valence-corrected chi connectivity index (χ1v) is 7.83. The third-order valence-corrected chi connectivity index (χ3v) is 4.40. The SMILES string of the molecule is CC1CCN(C(=O)c2cccc(NC(=O)C3CC3)c2)CC1. The van der Waals surface area contributed by atoms with Crippen LogP contribution in [0.15, 0.2) is 24.3 Å². The highest BCUT2D eigenvalue weighted by atomic mass is 16.2. The minimum atomic E-state index is 0.0735. The van der Waals surface area contributed by atoms with Crippen LogP contribution in [0.1, 0.15) is 43.0 Å². The summed E-state index contributed by atoms with van der Waals surface area (Å²) in [6.07, 6.45) is 4.11. The van der Waals surface area contributed by atoms with E-state index in [1.54, 1.807) is 6.07 Å². The molecular weight excluding hydrogens is 264 g/mol. The molecule has 112 valence electrons. The first-order chi connectivity index (χ1) is 10.1. The first kappa shape index (κ1) is 14.1. The number of nitrogens with zero attached hydrogens (tertiary/aromatic N) is 1. The number of amides is 2. The predicted octanol–water partition coefficient (Wildman–Crippen LogP) is 2.91. The summed E-state index contributed by atoms with van der Waals surface area (Å²) in [6, 6.07) is 7.30. The molecule has 0 unspecified atom stereocenters. The molecule has 1 heterocycles. The summed E-state index contributed by atoms with van der Waals surface area (Å²) in [6.45, 7) is 3.90. The fourth-order valence-electron chi connectivity index (χ4n) is 2.71. The van der Waals surface area contributed by atoms with Crippen LogP contribution in [0.4, 0.5) is 5.69 Å². The molecule has 21 heavy (non-hydrogen) atoms. The lowest BCUT2D eigenvalue weighted by molar-refractivity contribution is -0.117. The van der Waals surface area contributed by atoms with Gasteiger partial charge in [-0.2, -0.15) is 0 Å². The van der Waals surface area contributed by atoms with E-state index in [0.717, 1.165) is 44.5 Å². The number of benzene rings is 1. The van der Waals surface area contributed by atoms with Crippen LogP contribution in [0.3, 0.4) is 0 Å². The second-order valence-corrected chi connectivity index (χ2v) is 6.32. The lowest BCUT2D eigenvalue weighted by Crippen LogP contribution is -2.37. The van der Waals surface area contributed by atoms with E-state index in [9.17, 15) is 9.59 Å². The van der Waals surface area contributed by atoms with Gasteiger partial charge in [-0.25, -0.2) is 0 Å². The maximum Gasteiger partial charge on any atom is 0.253 e. The van der Waals surface area contributed by atoms with Gasteiger partial charge in [-0.1, -0.05) is 13.0 Å². The van der Waals surface area contributed by atoms with Crippen molar-refractivity contribution >= 4 is 17.5 Å². The highest BCUT2D eigenvalue weighted by molar-refractivity contribution is 5.98. The summed E-state index contributed by atoms with van der Waals surface area (Å²) in [4.78, 5) is 26.2. The van der Waals surface area contributed by atoms with Crippen LogP contribution in [-0.2, 0) is 4.79 Å². The van der Waals surface area contributed by atoms with Crippen LogP contribution < -0.4 is 5.32 Å². The second-order valence-electron chi connectivity index (χ2n) is 6.32. The van der Waals surface area contributed by atoms with E-state index in [1.165, 1.54) is 0 Å². The Bertz CT molecular complexity index is 543. The maximum atomic E-state index is 12.5. The Morgan fingerprint density at radius 1 is 1.14 bits per heavy atom. The average molecular weight is 286 g/mol. The van der Waals surface area contributed by atoms with Crippen LogP contribution >= 0.6 is 0 Å². The van der Waals surface area contributed by atoms with E-state index in [2.05, 4.69) is 12.2 Å². The fourth-order valence-corrected chi connectivity index (χ4v) is 2.71. The minimum absolute atomic E-state index is 0.0735. The summed E-state index contributed by atoms with van der Waals surface area (Å²) in [5.41, 5.74) is 1.39. The number of piperidine rings is 1. The normalized spacial score (nSPS) is 19.4. The standard InChI is InChI=1S/C17H22N2O2/c1-12-7-9-19(10-8-12)17(21)14-3-2-4-15(11-14)18-16(20)13-5-6-13/h2-4,11-13H,5-10H2,1H3,(H,18,20). The molecule has 1 aliphatic carbocycles. The van der Waals surface area contributed by atoms with Gasteiger partial charge in [-0.3, -0.25) is 9.59 Å². The zero-order valence-corrected chi connectivity index (χ0v) is 12.5. The van der Waals surface area contributed by atoms with Gasteiger partial charge < -0.3 is 10.2 Å². The van der Waals surface area contributed by atoms with Gasteiger partial charge in [-0.05, 0) is 49.8 Å². The van der Waals surface area contributed by atoms with Crippen molar-refractivity contribution in [1.29, 1.82) is 0 Å². The van der Waals surface area contributed by atoms with Crippen LogP contribution in [0, 0.1) is 11.8 Å². The first-order valence-electron chi connectivity index (χ1n) is 7.83. The largest absolute Gasteiger partial charge is 0.339 e. The van der Waals surface area contributed by atoms with Crippen molar-refractivity contribution in [3.05, 3.63) is 29.8 Å². The molecule has 0 bridgehead atoms. The Kier molecular flexibility index (Phi) is 3.95. The summed E-state index contributed by atoms with van der Waals surface area (Å²) in [5.74, 6) is 1.03. The van der Waals surface area contributed by atoms with Gasteiger partial charge in [0.15, 0.2) is 0 Å². The van der Waals surface area contributed by atoms with Crippen LogP contribution in [-0.4, -0.2) is 29.8 Å². The number of rotatable bonds is 3. The highest BCUT2D eigenvalue weighted by Gasteiger charge is 2.29. The van der Waals surface area contributed by atoms with Gasteiger partial charge in [0, 0.05) is 30.3 Å². The summed E-state index contributed by atoms with van der Waals surface area (Å²) < 4.78 is 0. The third-order valence-electron chi connectivity index (χ3n) is 4.40. The molecule has 1 aromatic carbocycles. The number of hydrogen-bond acceptors (Lipinski definition) is 2. The Labute approximate surface area is 125 Å². The van der Waals surface area contributed by atoms with Crippen LogP contribution in [0.5, 0.6) is 0 Å². The van der Waals surface area contributed by atoms with Crippen molar-refractivity contribution in [2.24, 2.45) is 11.8 Å². The second kappa shape index (κ2) is 5.88. The monoisotopic (exact) mass is 286 g/mol. The highest BCUT2D eigenvalue weighted by Crippen LogP contribution is 2.30. The summed E-state index contributed by atoms with van der Waals surface area (Å²) >= 11 is 0. The van der Waals surface area contributed by atoms with Crippen LogP contribution in [0.25, 0.3) is 0 Å². The molecule has 1 N–H and O–H groups in total. The van der Waals surface area contributed by atoms with Gasteiger partial charge in [0.25, 0.3) is 5.91 Å². The number of likely N-dealkylation sites (tertiary alicyclic amines) is 1. The summed E-state index contributed by atoms with van der Waals surface area (Å²) in [5, 5.41) is 2.90. The minimum Gasteiger partial charge on any atom is -0.339 e. The molecule has 1 aromatic rings. The molecular formula is C17H22N2O2. The molecule has 0 atom stereocenters. The zero-order chi connectivity index (χ0) is 14.8. The maximum absolute atomic E-state index is 12.5. The molecule has 0 spiro atoms. The molecule has 1 saturated heterocycles. The fraction of sp³-hybridized carbons (Fsp3) is 0.529. The lowest BCUT2D eigenvalue weighted by Gasteiger charge is -2.30. The summed E-state index contributed by atoms with van der Waals surface area (Å²) in [7, 11) is 0. The van der Waals surface area contributed by atoms with Crippen molar-refractivity contribution in [3.8, 4) is 0 Å². The van der Waals surface area contributed by atoms with Gasteiger partial charge in [0.05, 0.1) is 0 Å². The molecule has 0 aromatic heterocycles. The van der Waals surface area contributed by atoms with Gasteiger partial charge in [0.1, 0.15) is 0 Å². The van der Waals surface area contributed by atoms with E-state index in [4.69, 9.17) is 0 Å². The Morgan fingerprint density at radius 3 is 2.52 bits per heavy atom. The quantitative estimate of drug-likeness (QED) is 0.928. The number of hydrogen-bond donors (Lipinski definition) is 1. The number of anilines is 1. The number of carbonyl (C=O) groups excluding carboxylic acids is 2. The van der Waals surface area contributed by atoms with Crippen LogP contribution in [0.2, 0.25) is 0 Å². The lowest BCUT2D eigenvalue weighted by atomic mass is 9.98. The smallest absolute Gasteiger partial charge is 0.253 e. The molecule has 3 rings (SSSR count). The molecule has 2 fully saturated rings. The topological polar surface area (TPSA) is 49.4 Å². The van der Waals surface area contributed by atoms with E-state index < -0.39 is 0 Å². The molecule has 4 heteroatoms. The molecule has 2 aliphatic rings. The Hall–Kier alpha value is -1.84. The average Bonchev–Trinajstić information content (AvgIpc) is 3.32. The van der Waals surface area contributed by atoms with E-state index >= 15 is 0 Å². The van der Waals surface area contributed by atoms with Crippen molar-refractivity contribution in [2.45, 2.75) is 32.6 Å². The molecule has 4 nitrogen and oxygen atoms in total. The van der Waals surface area contributed by atoms with E-state index in [-0.39, 0.29) is 17.7 Å². The van der Waals surface area contributed by atoms with Crippen molar-refractivity contribution < 1.29 is 9.59 Å². The Balaban J connectivity index is 1.67. The zero-order valence-electron chi connectivity index (χ0n) is 12.5. The van der Waals surface area contributed by atoms with Gasteiger partial charge in [0.2, 0.25) is 5.91 Å². The van der Waals surface area contributed by atoms with E-state index in [1.807, 2.05) is 23.1 Å². The van der Waals surface area contributed by atoms with Crippen molar-refractivity contribution in [3.63, 3.8) is 0 Å². The van der Waals surface area contributed by atoms with Gasteiger partial charge >= 0.3 is 0 Å². The van der Waals surface area contributed by atoms with Gasteiger partial charge in [-0.15, -0.1) is 0 Å². The van der Waals surface area contributed by atoms with Crippen molar-refractivity contribution in [2.75, 3.05) is 18.4 Å². The molecule has 1 aliphatic heterocycles. The predicted molar refractivity (Wildman–Crippen MR) is 82.1 cm³/mol. The Morgan fingerprint density at radius 2 is 1.86 bits per heavy atom. The van der Waals surface area contributed by atoms with E-state index in [0.29, 0.717) is 11.5 Å². The molecule has 2 amide bonds. The van der Waals surface area contributed by atoms with Crippen molar-refractivity contribution in [1.82, 2.24) is 4.90 Å². The number of nitrogens with one attached hydrogen (secondary N) is 1. The molecule has 0 radical (unpaired) electrons. The third kappa shape index (κ3) is 3.43. The number of carbonyl (C=O) groups is 2.